The molecule has 1 aliphatic heterocycles. The minimum Gasteiger partial charge on any atom is -0.482 e. The summed E-state index contributed by atoms with van der Waals surface area (Å²) in [4.78, 5) is 24.9. The largest absolute Gasteiger partial charge is 0.482 e. The summed E-state index contributed by atoms with van der Waals surface area (Å²) in [5.41, 5.74) is 1.42. The zero-order valence-corrected chi connectivity index (χ0v) is 11.9. The van der Waals surface area contributed by atoms with Gasteiger partial charge in [-0.05, 0) is 24.6 Å². The summed E-state index contributed by atoms with van der Waals surface area (Å²) in [6.45, 7) is 4.36. The van der Waals surface area contributed by atoms with Crippen LogP contribution in [0.2, 0.25) is 0 Å². The van der Waals surface area contributed by atoms with Gasteiger partial charge in [-0.15, -0.1) is 0 Å². The first-order chi connectivity index (χ1) is 9.61. The molecule has 0 saturated heterocycles. The van der Waals surface area contributed by atoms with Crippen LogP contribution in [0.1, 0.15) is 33.1 Å². The van der Waals surface area contributed by atoms with E-state index < -0.39 is 0 Å². The lowest BCUT2D eigenvalue weighted by molar-refractivity contribution is -0.121. The lowest BCUT2D eigenvalue weighted by atomic mass is 10.1. The van der Waals surface area contributed by atoms with Gasteiger partial charge in [0.2, 0.25) is 5.91 Å². The zero-order valence-electron chi connectivity index (χ0n) is 11.9. The maximum Gasteiger partial charge on any atom is 0.265 e. The third-order valence-electron chi connectivity index (χ3n) is 3.21. The number of nitrogens with zero attached hydrogens (tertiary/aromatic N) is 1. The molecule has 0 spiro atoms. The van der Waals surface area contributed by atoms with Crippen LogP contribution in [-0.2, 0) is 9.59 Å². The minimum absolute atomic E-state index is 0.0337. The first-order valence-corrected chi connectivity index (χ1v) is 6.96. The smallest absolute Gasteiger partial charge is 0.265 e. The number of hydrogen-bond donors (Lipinski definition) is 1. The molecule has 1 aromatic carbocycles. The van der Waals surface area contributed by atoms with Crippen LogP contribution < -0.4 is 15.0 Å². The summed E-state index contributed by atoms with van der Waals surface area (Å²) in [6, 6.07) is 5.36. The van der Waals surface area contributed by atoms with Crippen LogP contribution in [0.4, 0.5) is 11.4 Å². The highest BCUT2D eigenvalue weighted by molar-refractivity contribution is 5.99. The number of ether oxygens (including phenoxy) is 1. The van der Waals surface area contributed by atoms with Crippen molar-refractivity contribution in [2.75, 3.05) is 23.4 Å². The first-order valence-electron chi connectivity index (χ1n) is 6.96. The van der Waals surface area contributed by atoms with Crippen LogP contribution >= 0.6 is 0 Å². The number of fused-ring (bicyclic) bond motifs is 1. The van der Waals surface area contributed by atoms with E-state index in [1.54, 1.807) is 23.1 Å². The van der Waals surface area contributed by atoms with E-state index in [-0.39, 0.29) is 18.4 Å². The van der Waals surface area contributed by atoms with Crippen LogP contribution in [-0.4, -0.2) is 25.0 Å². The number of nitrogens with one attached hydrogen (secondary N) is 1. The van der Waals surface area contributed by atoms with Crippen LogP contribution in [0.5, 0.6) is 5.75 Å². The van der Waals surface area contributed by atoms with E-state index in [4.69, 9.17) is 4.74 Å². The Morgan fingerprint density at radius 3 is 2.90 bits per heavy atom. The molecule has 20 heavy (non-hydrogen) atoms. The van der Waals surface area contributed by atoms with Gasteiger partial charge in [-0.2, -0.15) is 0 Å². The Morgan fingerprint density at radius 1 is 1.40 bits per heavy atom. The molecule has 108 valence electrons. The summed E-state index contributed by atoms with van der Waals surface area (Å²) >= 11 is 0. The lowest BCUT2D eigenvalue weighted by Gasteiger charge is -2.29. The molecule has 0 radical (unpaired) electrons. The van der Waals surface area contributed by atoms with Crippen LogP contribution in [0.15, 0.2) is 18.2 Å². The second-order valence-corrected chi connectivity index (χ2v) is 4.90. The predicted octanol–water partition coefficient (Wildman–Crippen LogP) is 2.56. The number of benzene rings is 1. The van der Waals surface area contributed by atoms with Gasteiger partial charge in [0.1, 0.15) is 5.75 Å². The van der Waals surface area contributed by atoms with E-state index >= 15 is 0 Å². The van der Waals surface area contributed by atoms with Crippen molar-refractivity contribution in [3.8, 4) is 5.75 Å². The summed E-state index contributed by atoms with van der Waals surface area (Å²) in [5.74, 6) is 0.523. The number of carbonyl (C=O) groups excluding carboxylic acids is 2. The Labute approximate surface area is 118 Å². The average Bonchev–Trinajstić information content (AvgIpc) is 2.41. The highest BCUT2D eigenvalue weighted by atomic mass is 16.5. The second-order valence-electron chi connectivity index (χ2n) is 4.90. The van der Waals surface area contributed by atoms with Gasteiger partial charge >= 0.3 is 0 Å². The maximum atomic E-state index is 12.0. The third kappa shape index (κ3) is 3.29. The SMILES string of the molecule is CCCCCN1C(=O)COc2ccc(NC(C)=O)cc21. The van der Waals surface area contributed by atoms with Gasteiger partial charge in [-0.25, -0.2) is 0 Å². The highest BCUT2D eigenvalue weighted by Gasteiger charge is 2.25. The molecule has 2 rings (SSSR count). The fourth-order valence-electron chi connectivity index (χ4n) is 2.25. The molecule has 0 aromatic heterocycles. The van der Waals surface area contributed by atoms with E-state index in [1.165, 1.54) is 6.92 Å². The van der Waals surface area contributed by atoms with Gasteiger partial charge in [-0.3, -0.25) is 9.59 Å². The van der Waals surface area contributed by atoms with E-state index in [2.05, 4.69) is 12.2 Å². The normalized spacial score (nSPS) is 13.7. The predicted molar refractivity (Wildman–Crippen MR) is 78.1 cm³/mol. The monoisotopic (exact) mass is 276 g/mol. The van der Waals surface area contributed by atoms with Crippen molar-refractivity contribution in [1.82, 2.24) is 0 Å². The molecule has 5 nitrogen and oxygen atoms in total. The Morgan fingerprint density at radius 2 is 2.20 bits per heavy atom. The molecule has 5 heteroatoms. The average molecular weight is 276 g/mol. The van der Waals surface area contributed by atoms with E-state index in [0.29, 0.717) is 18.0 Å². The van der Waals surface area contributed by atoms with Crippen molar-refractivity contribution in [2.24, 2.45) is 0 Å². The summed E-state index contributed by atoms with van der Waals surface area (Å²) in [7, 11) is 0. The quantitative estimate of drug-likeness (QED) is 0.841. The van der Waals surface area contributed by atoms with Gasteiger partial charge in [0.05, 0.1) is 5.69 Å². The number of rotatable bonds is 5. The first kappa shape index (κ1) is 14.4. The van der Waals surface area contributed by atoms with Crippen LogP contribution in [0.3, 0.4) is 0 Å². The van der Waals surface area contributed by atoms with E-state index in [1.807, 2.05) is 0 Å². The molecule has 0 bridgehead atoms. The molecule has 0 atom stereocenters. The van der Waals surface area contributed by atoms with Crippen molar-refractivity contribution in [3.63, 3.8) is 0 Å². The van der Waals surface area contributed by atoms with Crippen molar-refractivity contribution < 1.29 is 14.3 Å². The van der Waals surface area contributed by atoms with Gasteiger partial charge in [0.25, 0.3) is 5.91 Å². The summed E-state index contributed by atoms with van der Waals surface area (Å²) < 4.78 is 5.43. The molecule has 0 aliphatic carbocycles. The molecule has 1 heterocycles. The molecule has 1 aliphatic rings. The molecule has 2 amide bonds. The van der Waals surface area contributed by atoms with Crippen molar-refractivity contribution in [1.29, 1.82) is 0 Å². The summed E-state index contributed by atoms with van der Waals surface area (Å²) in [6.07, 6.45) is 3.16. The Hall–Kier alpha value is -2.04. The highest BCUT2D eigenvalue weighted by Crippen LogP contribution is 2.34. The molecule has 0 fully saturated rings. The third-order valence-corrected chi connectivity index (χ3v) is 3.21. The minimum atomic E-state index is -0.134. The number of hydrogen-bond acceptors (Lipinski definition) is 3. The fourth-order valence-corrected chi connectivity index (χ4v) is 2.25. The van der Waals surface area contributed by atoms with Crippen LogP contribution in [0, 0.1) is 0 Å². The Kier molecular flexibility index (Phi) is 4.61. The molecule has 0 saturated carbocycles. The van der Waals surface area contributed by atoms with Crippen molar-refractivity contribution >= 4 is 23.2 Å². The van der Waals surface area contributed by atoms with Gasteiger partial charge in [0, 0.05) is 19.2 Å². The molecule has 1 aromatic rings. The Balaban J connectivity index is 2.22. The maximum absolute atomic E-state index is 12.0. The topological polar surface area (TPSA) is 58.6 Å². The van der Waals surface area contributed by atoms with Gasteiger partial charge in [0.15, 0.2) is 6.61 Å². The van der Waals surface area contributed by atoms with Gasteiger partial charge < -0.3 is 15.0 Å². The summed E-state index contributed by atoms with van der Waals surface area (Å²) in [5, 5.41) is 2.73. The number of anilines is 2. The van der Waals surface area contributed by atoms with Crippen LogP contribution in [0.25, 0.3) is 0 Å². The molecule has 1 N–H and O–H groups in total. The molecular weight excluding hydrogens is 256 g/mol. The fraction of sp³-hybridized carbons (Fsp3) is 0.467. The zero-order chi connectivity index (χ0) is 14.5. The molecule has 0 unspecified atom stereocenters. The Bertz CT molecular complexity index is 514. The van der Waals surface area contributed by atoms with Crippen molar-refractivity contribution in [2.45, 2.75) is 33.1 Å². The number of amides is 2. The number of carbonyl (C=O) groups is 2. The van der Waals surface area contributed by atoms with E-state index in [0.717, 1.165) is 24.9 Å². The standard InChI is InChI=1S/C15H20N2O3/c1-3-4-5-8-17-13-9-12(16-11(2)18)6-7-14(13)20-10-15(17)19/h6-7,9H,3-5,8,10H2,1-2H3,(H,16,18). The molecular formula is C15H20N2O3. The second kappa shape index (κ2) is 6.41. The lowest BCUT2D eigenvalue weighted by Crippen LogP contribution is -2.39. The van der Waals surface area contributed by atoms with E-state index in [9.17, 15) is 9.59 Å². The number of unbranched alkanes of at least 4 members (excludes halogenated alkanes) is 2. The van der Waals surface area contributed by atoms with Crippen molar-refractivity contribution in [3.05, 3.63) is 18.2 Å². The van der Waals surface area contributed by atoms with Gasteiger partial charge in [-0.1, -0.05) is 19.8 Å².